The number of carbonyl (C=O) groups is 2. The molecule has 3 unspecified atom stereocenters. The predicted molar refractivity (Wildman–Crippen MR) is 240 cm³/mol. The summed E-state index contributed by atoms with van der Waals surface area (Å²) < 4.78 is 39.6. The fraction of sp³-hybridized carbons (Fsp3) is 0.708. The molecule has 1 aliphatic heterocycles. The summed E-state index contributed by atoms with van der Waals surface area (Å²) in [5.74, 6) is -0.901. The molecule has 0 aromatic heterocycles. The van der Waals surface area contributed by atoms with Crippen LogP contribution in [-0.4, -0.2) is 82.2 Å². The maximum absolute atomic E-state index is 12.7. The molecule has 0 spiro atoms. The van der Waals surface area contributed by atoms with Crippen LogP contribution in [0.3, 0.4) is 0 Å². The zero-order valence-corrected chi connectivity index (χ0v) is 38.5. The highest BCUT2D eigenvalue weighted by atomic mass is 31.2. The molecule has 4 atom stereocenters. The molecular weight excluding hydrogens is 766 g/mol. The molecule has 0 N–H and O–H groups in total. The molecule has 0 aliphatic carbocycles. The van der Waals surface area contributed by atoms with E-state index < -0.39 is 32.5 Å². The van der Waals surface area contributed by atoms with Crippen LogP contribution in [0.5, 0.6) is 0 Å². The molecule has 11 heteroatoms. The van der Waals surface area contributed by atoms with E-state index in [2.05, 4.69) is 86.8 Å². The van der Waals surface area contributed by atoms with Gasteiger partial charge in [-0.2, -0.15) is 0 Å². The van der Waals surface area contributed by atoms with Gasteiger partial charge < -0.3 is 32.6 Å². The smallest absolute Gasteiger partial charge is 0.306 e. The van der Waals surface area contributed by atoms with Crippen molar-refractivity contribution in [2.45, 2.75) is 173 Å². The standard InChI is InChI=1S/C48H82NO9P/c1-6-8-10-11-12-13-14-15-16-17-18-19-20-21-22-23-28-31-35-39-48(51)57-44(43-56-59(52,53)55-41-40-49(3,4)5)42-54-47(50)38-34-30-27-25-24-26-29-33-37-46-45(58-46)36-32-9-7-2/h8,10,12-13,15-16,18-19,21-22,29,33,44-46H,6-7,9,11,14,17,20,23-28,30-32,34-43H2,1-5H3/b10-8-,13-12-,16-15-,19-18-,22-21-,33-29-/t44-,45?,46?/m1/s1. The summed E-state index contributed by atoms with van der Waals surface area (Å²) in [5.41, 5.74) is 0. The van der Waals surface area contributed by atoms with E-state index in [0.29, 0.717) is 36.1 Å². The van der Waals surface area contributed by atoms with Crippen LogP contribution in [0, 0.1) is 0 Å². The second-order valence-electron chi connectivity index (χ2n) is 16.4. The molecule has 0 amide bonds. The Morgan fingerprint density at radius 2 is 1.19 bits per heavy atom. The van der Waals surface area contributed by atoms with Crippen LogP contribution >= 0.6 is 7.82 Å². The van der Waals surface area contributed by atoms with Crippen molar-refractivity contribution in [1.29, 1.82) is 0 Å². The van der Waals surface area contributed by atoms with Crippen LogP contribution < -0.4 is 4.89 Å². The van der Waals surface area contributed by atoms with Gasteiger partial charge in [-0.15, -0.1) is 0 Å². The number of nitrogens with zero attached hydrogens (tertiary/aromatic N) is 1. The summed E-state index contributed by atoms with van der Waals surface area (Å²) in [4.78, 5) is 37.6. The van der Waals surface area contributed by atoms with Gasteiger partial charge >= 0.3 is 11.9 Å². The molecule has 1 heterocycles. The number of ether oxygens (including phenoxy) is 3. The van der Waals surface area contributed by atoms with Crippen LogP contribution in [0.2, 0.25) is 0 Å². The average Bonchev–Trinajstić information content (AvgIpc) is 3.94. The Morgan fingerprint density at radius 3 is 1.80 bits per heavy atom. The van der Waals surface area contributed by atoms with Crippen LogP contribution in [0.25, 0.3) is 0 Å². The number of quaternary nitrogens is 1. The summed E-state index contributed by atoms with van der Waals surface area (Å²) in [6, 6.07) is 0. The van der Waals surface area contributed by atoms with Gasteiger partial charge in [0, 0.05) is 12.8 Å². The summed E-state index contributed by atoms with van der Waals surface area (Å²) >= 11 is 0. The van der Waals surface area contributed by atoms with E-state index in [1.165, 1.54) is 25.7 Å². The number of phosphoric acid groups is 1. The van der Waals surface area contributed by atoms with Crippen molar-refractivity contribution in [1.82, 2.24) is 0 Å². The number of allylic oxidation sites excluding steroid dienone is 11. The Morgan fingerprint density at radius 1 is 0.644 bits per heavy atom. The van der Waals surface area contributed by atoms with Gasteiger partial charge in [0.15, 0.2) is 6.10 Å². The number of hydrogen-bond acceptors (Lipinski definition) is 9. The van der Waals surface area contributed by atoms with Crippen LogP contribution in [0.15, 0.2) is 72.9 Å². The van der Waals surface area contributed by atoms with Crippen LogP contribution in [0.1, 0.15) is 155 Å². The summed E-state index contributed by atoms with van der Waals surface area (Å²) in [6.07, 6.45) is 46.7. The van der Waals surface area contributed by atoms with Crippen LogP contribution in [-0.2, 0) is 37.4 Å². The maximum atomic E-state index is 12.7. The minimum atomic E-state index is -4.65. The van der Waals surface area contributed by atoms with E-state index in [1.807, 2.05) is 21.1 Å². The molecule has 0 aromatic rings. The normalized spacial score (nSPS) is 17.7. The van der Waals surface area contributed by atoms with E-state index in [1.54, 1.807) is 0 Å². The predicted octanol–water partition coefficient (Wildman–Crippen LogP) is 11.4. The van der Waals surface area contributed by atoms with Gasteiger partial charge in [0.25, 0.3) is 7.82 Å². The number of rotatable bonds is 39. The van der Waals surface area contributed by atoms with E-state index in [4.69, 9.17) is 23.3 Å². The van der Waals surface area contributed by atoms with Crippen molar-refractivity contribution < 1.29 is 46.8 Å². The number of unbranched alkanes of at least 4 members (excludes halogenated alkanes) is 10. The number of esters is 2. The second kappa shape index (κ2) is 36.1. The minimum absolute atomic E-state index is 0.0461. The molecule has 10 nitrogen and oxygen atoms in total. The van der Waals surface area contributed by atoms with Gasteiger partial charge in [0.2, 0.25) is 0 Å². The van der Waals surface area contributed by atoms with E-state index in [-0.39, 0.29) is 26.1 Å². The molecule has 59 heavy (non-hydrogen) atoms. The number of hydrogen-bond donors (Lipinski definition) is 0. The van der Waals surface area contributed by atoms with Crippen molar-refractivity contribution >= 4 is 19.8 Å². The van der Waals surface area contributed by atoms with Gasteiger partial charge in [-0.3, -0.25) is 14.2 Å². The van der Waals surface area contributed by atoms with E-state index in [9.17, 15) is 19.0 Å². The van der Waals surface area contributed by atoms with Gasteiger partial charge in [-0.05, 0) is 83.5 Å². The third kappa shape index (κ3) is 36.9. The zero-order valence-electron chi connectivity index (χ0n) is 37.6. The monoisotopic (exact) mass is 848 g/mol. The van der Waals surface area contributed by atoms with Gasteiger partial charge in [0.05, 0.1) is 40.0 Å². The lowest BCUT2D eigenvalue weighted by atomic mass is 10.1. The van der Waals surface area contributed by atoms with Crippen molar-refractivity contribution in [2.75, 3.05) is 47.5 Å². The topological polar surface area (TPSA) is 124 Å². The summed E-state index contributed by atoms with van der Waals surface area (Å²) in [7, 11) is 1.11. The molecule has 0 aromatic carbocycles. The largest absolute Gasteiger partial charge is 0.756 e. The van der Waals surface area contributed by atoms with Gasteiger partial charge in [-0.1, -0.05) is 132 Å². The SMILES string of the molecule is CC/C=C\C/C=C\C/C=C\C/C=C\C/C=C\CCCCCC(=O)O[C@H](COC(=O)CCCCCCC/C=C\CC1OC1CCCCC)COP(=O)([O-])OCC[N+](C)(C)C. The van der Waals surface area contributed by atoms with E-state index in [0.717, 1.165) is 89.9 Å². The molecule has 338 valence electrons. The number of epoxide rings is 1. The molecular formula is C48H82NO9P. The fourth-order valence-electron chi connectivity index (χ4n) is 5.98. The quantitative estimate of drug-likeness (QED) is 0.0148. The lowest BCUT2D eigenvalue weighted by Gasteiger charge is -2.28. The number of likely N-dealkylation sites (N-methyl/N-ethyl adjacent to an activating group) is 1. The Bertz CT molecular complexity index is 1300. The molecule has 0 bridgehead atoms. The van der Waals surface area contributed by atoms with Crippen molar-refractivity contribution in [2.24, 2.45) is 0 Å². The Kier molecular flexibility index (Phi) is 33.3. The maximum Gasteiger partial charge on any atom is 0.306 e. The summed E-state index contributed by atoms with van der Waals surface area (Å²) in [5, 5.41) is 0. The van der Waals surface area contributed by atoms with Crippen molar-refractivity contribution in [3.05, 3.63) is 72.9 Å². The molecule has 0 saturated carbocycles. The van der Waals surface area contributed by atoms with Gasteiger partial charge in [-0.25, -0.2) is 0 Å². The Balaban J connectivity index is 2.31. The zero-order chi connectivity index (χ0) is 43.3. The molecule has 1 saturated heterocycles. The third-order valence-corrected chi connectivity index (χ3v) is 10.6. The summed E-state index contributed by atoms with van der Waals surface area (Å²) in [6.45, 7) is 4.00. The second-order valence-corrected chi connectivity index (χ2v) is 17.8. The first-order chi connectivity index (χ1) is 28.5. The third-order valence-electron chi connectivity index (χ3n) is 9.63. The van der Waals surface area contributed by atoms with Gasteiger partial charge in [0.1, 0.15) is 19.8 Å². The van der Waals surface area contributed by atoms with Crippen molar-refractivity contribution in [3.63, 3.8) is 0 Å². The molecule has 1 rings (SSSR count). The van der Waals surface area contributed by atoms with Crippen LogP contribution in [0.4, 0.5) is 0 Å². The Hall–Kier alpha value is -2.59. The first-order valence-electron chi connectivity index (χ1n) is 22.8. The fourth-order valence-corrected chi connectivity index (χ4v) is 6.71. The lowest BCUT2D eigenvalue weighted by molar-refractivity contribution is -0.870. The number of carbonyl (C=O) groups excluding carboxylic acids is 2. The van der Waals surface area contributed by atoms with Crippen molar-refractivity contribution in [3.8, 4) is 0 Å². The molecule has 1 fully saturated rings. The lowest BCUT2D eigenvalue weighted by Crippen LogP contribution is -2.37. The average molecular weight is 848 g/mol. The first kappa shape index (κ1) is 54.4. The molecule has 0 radical (unpaired) electrons. The minimum Gasteiger partial charge on any atom is -0.756 e. The molecule has 1 aliphatic rings. The highest BCUT2D eigenvalue weighted by molar-refractivity contribution is 7.45. The highest BCUT2D eigenvalue weighted by Gasteiger charge is 2.36. The van der Waals surface area contributed by atoms with E-state index >= 15 is 0 Å². The first-order valence-corrected chi connectivity index (χ1v) is 24.2. The highest BCUT2D eigenvalue weighted by Crippen LogP contribution is 2.38. The Labute approximate surface area is 359 Å². The number of phosphoric ester groups is 1.